The van der Waals surface area contributed by atoms with Gasteiger partial charge in [0.15, 0.2) is 6.61 Å². The fourth-order valence-electron chi connectivity index (χ4n) is 2.43. The summed E-state index contributed by atoms with van der Waals surface area (Å²) in [6.07, 6.45) is -7.93. The molecule has 0 spiro atoms. The number of hydrogen-bond acceptors (Lipinski definition) is 3. The second-order valence-corrected chi connectivity index (χ2v) is 7.58. The minimum atomic E-state index is -8.98. The van der Waals surface area contributed by atoms with Gasteiger partial charge < -0.3 is 9.47 Å². The lowest BCUT2D eigenvalue weighted by Crippen LogP contribution is -2.76. The average Bonchev–Trinajstić information content (AvgIpc) is 2.76. The zero-order valence-corrected chi connectivity index (χ0v) is 18.4. The Morgan fingerprint density at radius 2 is 0.825 bits per heavy atom. The molecule has 0 bridgehead atoms. The van der Waals surface area contributed by atoms with Crippen LogP contribution in [0.1, 0.15) is 6.92 Å². The first-order valence-electron chi connectivity index (χ1n) is 9.37. The molecule has 0 atom stereocenters. The molecule has 22 heteroatoms. The lowest BCUT2D eigenvalue weighted by molar-refractivity contribution is -0.469. The Kier molecular flexibility index (Phi) is 8.72. The monoisotopic (exact) mass is 634 g/mol. The van der Waals surface area contributed by atoms with Crippen LogP contribution >= 0.6 is 0 Å². The summed E-state index contributed by atoms with van der Waals surface area (Å²) in [5.74, 6) is -69.6. The molecule has 0 aliphatic heterocycles. The van der Waals surface area contributed by atoms with Crippen LogP contribution in [0.15, 0.2) is 24.3 Å². The highest BCUT2D eigenvalue weighted by Crippen LogP contribution is 2.65. The van der Waals surface area contributed by atoms with E-state index in [2.05, 4.69) is 9.47 Å². The molecular weight excluding hydrogens is 625 g/mol. The van der Waals surface area contributed by atoms with Gasteiger partial charge in [0.25, 0.3) is 0 Å². The topological polar surface area (TPSA) is 35.5 Å². The molecule has 0 radical (unpaired) electrons. The molecule has 0 unspecified atom stereocenters. The molecule has 0 amide bonds. The first-order valence-corrected chi connectivity index (χ1v) is 9.37. The van der Waals surface area contributed by atoms with Crippen molar-refractivity contribution in [3.8, 4) is 11.5 Å². The van der Waals surface area contributed by atoms with Crippen LogP contribution < -0.4 is 9.47 Å². The van der Waals surface area contributed by atoms with Crippen LogP contribution in [-0.4, -0.2) is 66.1 Å². The van der Waals surface area contributed by atoms with E-state index in [1.54, 1.807) is 0 Å². The second kappa shape index (κ2) is 9.91. The van der Waals surface area contributed by atoms with E-state index in [-0.39, 0.29) is 5.75 Å². The van der Waals surface area contributed by atoms with Gasteiger partial charge in [0.05, 0.1) is 0 Å². The second-order valence-electron chi connectivity index (χ2n) is 7.58. The Labute approximate surface area is 207 Å². The molecule has 0 aromatic heterocycles. The fourth-order valence-corrected chi connectivity index (χ4v) is 2.43. The SMILES string of the molecule is CC(=O)Oc1ccc(OCC(F)(F)C(F)(F)C(F)(F)C(F)(F)C(F)(F)C(F)(F)C(F)(F)C(F)(F)C(F)(F)F)cc1. The molecule has 0 aliphatic rings. The molecule has 1 aromatic carbocycles. The van der Waals surface area contributed by atoms with E-state index in [4.69, 9.17) is 0 Å². The standard InChI is InChI=1S/C18H9F19O3/c1-7(38)40-9-4-2-8(3-5-9)39-6-10(19,20)11(21,22)12(23,24)13(25,26)14(27,28)15(29,30)16(31,32)17(33,34)18(35,36)37/h2-5H,6H2,1H3. The van der Waals surface area contributed by atoms with Gasteiger partial charge in [-0.15, -0.1) is 0 Å². The summed E-state index contributed by atoms with van der Waals surface area (Å²) >= 11 is 0. The molecule has 0 N–H and O–H groups in total. The Bertz CT molecular complexity index is 1060. The highest BCUT2D eigenvalue weighted by Gasteiger charge is 2.96. The number of esters is 1. The smallest absolute Gasteiger partial charge is 0.460 e. The third-order valence-electron chi connectivity index (χ3n) is 4.69. The Hall–Kier alpha value is -2.84. The maximum absolute atomic E-state index is 13.8. The normalized spacial score (nSPS) is 15.2. The predicted octanol–water partition coefficient (Wildman–Crippen LogP) is 7.64. The minimum absolute atomic E-state index is 0.362. The molecule has 3 nitrogen and oxygen atoms in total. The van der Waals surface area contributed by atoms with Crippen LogP contribution in [0.2, 0.25) is 0 Å². The fraction of sp³-hybridized carbons (Fsp3) is 0.611. The van der Waals surface area contributed by atoms with Crippen molar-refractivity contribution in [1.29, 1.82) is 0 Å². The van der Waals surface area contributed by atoms with Crippen molar-refractivity contribution in [3.05, 3.63) is 24.3 Å². The van der Waals surface area contributed by atoms with E-state index >= 15 is 0 Å². The van der Waals surface area contributed by atoms with Crippen LogP contribution in [0, 0.1) is 0 Å². The summed E-state index contributed by atoms with van der Waals surface area (Å²) in [7, 11) is 0. The molecule has 1 rings (SSSR count). The lowest BCUT2D eigenvalue weighted by Gasteiger charge is -2.43. The van der Waals surface area contributed by atoms with Crippen molar-refractivity contribution in [2.45, 2.75) is 60.5 Å². The Morgan fingerprint density at radius 1 is 0.525 bits per heavy atom. The van der Waals surface area contributed by atoms with Gasteiger partial charge >= 0.3 is 59.5 Å². The van der Waals surface area contributed by atoms with E-state index < -0.39 is 71.9 Å². The number of benzene rings is 1. The van der Waals surface area contributed by atoms with Gasteiger partial charge in [-0.25, -0.2) is 0 Å². The van der Waals surface area contributed by atoms with Gasteiger partial charge in [-0.1, -0.05) is 0 Å². The van der Waals surface area contributed by atoms with E-state index in [1.807, 2.05) is 0 Å². The molecule has 0 saturated heterocycles. The molecular formula is C18H9F19O3. The summed E-state index contributed by atoms with van der Waals surface area (Å²) in [4.78, 5) is 10.7. The molecule has 1 aromatic rings. The van der Waals surface area contributed by atoms with Crippen LogP contribution in [0.25, 0.3) is 0 Å². The van der Waals surface area contributed by atoms with Gasteiger partial charge in [-0.05, 0) is 24.3 Å². The van der Waals surface area contributed by atoms with Crippen LogP contribution in [0.3, 0.4) is 0 Å². The first-order chi connectivity index (χ1) is 17.4. The van der Waals surface area contributed by atoms with Gasteiger partial charge in [0.1, 0.15) is 11.5 Å². The number of rotatable bonds is 11. The first kappa shape index (κ1) is 35.2. The van der Waals surface area contributed by atoms with E-state index in [1.165, 1.54) is 0 Å². The number of carbonyl (C=O) groups is 1. The predicted molar refractivity (Wildman–Crippen MR) is 88.9 cm³/mol. The Morgan fingerprint density at radius 3 is 1.15 bits per heavy atom. The molecule has 0 saturated carbocycles. The van der Waals surface area contributed by atoms with Gasteiger partial charge in [0.2, 0.25) is 0 Å². The van der Waals surface area contributed by atoms with Crippen LogP contribution in [0.5, 0.6) is 11.5 Å². The average molecular weight is 634 g/mol. The van der Waals surface area contributed by atoms with Crippen LogP contribution in [-0.2, 0) is 4.79 Å². The van der Waals surface area contributed by atoms with Gasteiger partial charge in [0, 0.05) is 6.92 Å². The molecule has 0 aliphatic carbocycles. The maximum Gasteiger partial charge on any atom is 0.460 e. The number of alkyl halides is 19. The van der Waals surface area contributed by atoms with E-state index in [0.29, 0.717) is 24.3 Å². The maximum atomic E-state index is 13.8. The quantitative estimate of drug-likeness (QED) is 0.143. The van der Waals surface area contributed by atoms with E-state index in [0.717, 1.165) is 6.92 Å². The Balaban J connectivity index is 3.46. The van der Waals surface area contributed by atoms with E-state index in [9.17, 15) is 88.2 Å². The summed E-state index contributed by atoms with van der Waals surface area (Å²) < 4.78 is 260. The number of ether oxygens (including phenoxy) is 2. The van der Waals surface area contributed by atoms with Crippen molar-refractivity contribution in [2.24, 2.45) is 0 Å². The largest absolute Gasteiger partial charge is 0.487 e. The number of halogens is 19. The van der Waals surface area contributed by atoms with Crippen LogP contribution in [0.4, 0.5) is 83.4 Å². The lowest BCUT2D eigenvalue weighted by atomic mass is 9.87. The summed E-state index contributed by atoms with van der Waals surface area (Å²) in [5.41, 5.74) is 0. The molecule has 0 fully saturated rings. The number of carbonyl (C=O) groups excluding carboxylic acids is 1. The zero-order valence-electron chi connectivity index (χ0n) is 18.4. The summed E-state index contributed by atoms with van der Waals surface area (Å²) in [6.45, 7) is -2.30. The van der Waals surface area contributed by atoms with Gasteiger partial charge in [-0.3, -0.25) is 4.79 Å². The highest BCUT2D eigenvalue weighted by molar-refractivity contribution is 5.69. The molecule has 0 heterocycles. The zero-order chi connectivity index (χ0) is 32.2. The molecule has 232 valence electrons. The summed E-state index contributed by atoms with van der Waals surface area (Å²) in [5, 5.41) is 0. The highest BCUT2D eigenvalue weighted by atomic mass is 19.4. The van der Waals surface area contributed by atoms with Crippen molar-refractivity contribution < 1.29 is 97.7 Å². The van der Waals surface area contributed by atoms with Gasteiger partial charge in [-0.2, -0.15) is 83.4 Å². The summed E-state index contributed by atoms with van der Waals surface area (Å²) in [6, 6.07) is 2.37. The number of hydrogen-bond donors (Lipinski definition) is 0. The third kappa shape index (κ3) is 5.16. The minimum Gasteiger partial charge on any atom is -0.487 e. The molecule has 40 heavy (non-hydrogen) atoms. The van der Waals surface area contributed by atoms with Crippen molar-refractivity contribution in [2.75, 3.05) is 6.61 Å². The van der Waals surface area contributed by atoms with Crippen molar-refractivity contribution in [1.82, 2.24) is 0 Å². The van der Waals surface area contributed by atoms with Crippen molar-refractivity contribution in [3.63, 3.8) is 0 Å². The third-order valence-corrected chi connectivity index (χ3v) is 4.69. The van der Waals surface area contributed by atoms with Crippen molar-refractivity contribution >= 4 is 5.97 Å².